The lowest BCUT2D eigenvalue weighted by Gasteiger charge is -2.07. The number of hydrogen-bond donors (Lipinski definition) is 3. The number of phenols is 2. The number of anilines is 1. The van der Waals surface area contributed by atoms with Crippen LogP contribution in [0, 0.1) is 0 Å². The number of hydrogen-bond acceptors (Lipinski definition) is 6. The molecule has 0 atom stereocenters. The molecule has 0 radical (unpaired) electrons. The Morgan fingerprint density at radius 3 is 2.53 bits per heavy atom. The minimum atomic E-state index is -0.706. The van der Waals surface area contributed by atoms with Crippen molar-refractivity contribution in [3.05, 3.63) is 23.8 Å². The summed E-state index contributed by atoms with van der Waals surface area (Å²) in [5.74, 6) is -0.870. The highest BCUT2D eigenvalue weighted by molar-refractivity contribution is 5.94. The molecule has 7 heteroatoms. The third-order valence-electron chi connectivity index (χ3n) is 2.71. The average molecular weight is 263 g/mol. The molecule has 7 nitrogen and oxygen atoms in total. The van der Waals surface area contributed by atoms with E-state index in [2.05, 4.69) is 9.84 Å². The maximum Gasteiger partial charge on any atom is 0.341 e. The number of carbonyl (C=O) groups excluding carboxylic acids is 1. The third-order valence-corrected chi connectivity index (χ3v) is 2.71. The number of nitrogens with two attached hydrogens (primary N) is 1. The lowest BCUT2D eigenvalue weighted by atomic mass is 10.1. The van der Waals surface area contributed by atoms with Crippen molar-refractivity contribution in [3.63, 3.8) is 0 Å². The molecule has 100 valence electrons. The first-order valence-corrected chi connectivity index (χ1v) is 5.38. The second-order valence-corrected chi connectivity index (χ2v) is 3.96. The zero-order chi connectivity index (χ0) is 14.2. The number of aromatic nitrogens is 2. The Morgan fingerprint density at radius 1 is 1.32 bits per heavy atom. The van der Waals surface area contributed by atoms with Gasteiger partial charge in [0.05, 0.1) is 12.8 Å². The summed E-state index contributed by atoms with van der Waals surface area (Å²) in [4.78, 5) is 11.5. The molecule has 1 aromatic heterocycles. The summed E-state index contributed by atoms with van der Waals surface area (Å²) in [6.07, 6.45) is 0. The largest absolute Gasteiger partial charge is 0.507 e. The van der Waals surface area contributed by atoms with Crippen molar-refractivity contribution in [2.45, 2.75) is 0 Å². The Bertz CT molecular complexity index is 629. The fourth-order valence-electron chi connectivity index (χ4n) is 1.67. The van der Waals surface area contributed by atoms with Gasteiger partial charge in [0.1, 0.15) is 22.9 Å². The minimum Gasteiger partial charge on any atom is -0.507 e. The minimum absolute atomic E-state index is 0.0560. The van der Waals surface area contributed by atoms with Crippen molar-refractivity contribution < 1.29 is 19.7 Å². The molecule has 0 fully saturated rings. The quantitative estimate of drug-likeness (QED) is 0.693. The van der Waals surface area contributed by atoms with E-state index >= 15 is 0 Å². The van der Waals surface area contributed by atoms with E-state index in [-0.39, 0.29) is 22.6 Å². The number of aromatic hydroxyl groups is 2. The molecule has 0 bridgehead atoms. The number of esters is 1. The van der Waals surface area contributed by atoms with Crippen LogP contribution in [-0.4, -0.2) is 33.1 Å². The van der Waals surface area contributed by atoms with Crippen LogP contribution in [-0.2, 0) is 11.8 Å². The molecule has 1 heterocycles. The Hall–Kier alpha value is -2.70. The normalized spacial score (nSPS) is 10.4. The number of benzene rings is 1. The second-order valence-electron chi connectivity index (χ2n) is 3.96. The lowest BCUT2D eigenvalue weighted by Crippen LogP contribution is -2.02. The maximum absolute atomic E-state index is 11.5. The molecule has 0 amide bonds. The van der Waals surface area contributed by atoms with E-state index in [9.17, 15) is 15.0 Å². The summed E-state index contributed by atoms with van der Waals surface area (Å²) in [5.41, 5.74) is 6.28. The zero-order valence-corrected chi connectivity index (χ0v) is 10.4. The molecule has 19 heavy (non-hydrogen) atoms. The summed E-state index contributed by atoms with van der Waals surface area (Å²) in [5, 5.41) is 23.5. The average Bonchev–Trinajstić information content (AvgIpc) is 2.68. The molecule has 0 aliphatic heterocycles. The van der Waals surface area contributed by atoms with E-state index in [1.54, 1.807) is 13.1 Å². The Labute approximate surface area is 108 Å². The van der Waals surface area contributed by atoms with Crippen LogP contribution < -0.4 is 5.73 Å². The van der Waals surface area contributed by atoms with Gasteiger partial charge in [-0.3, -0.25) is 4.68 Å². The molecule has 0 aliphatic rings. The van der Waals surface area contributed by atoms with Gasteiger partial charge < -0.3 is 20.7 Å². The first-order valence-electron chi connectivity index (χ1n) is 5.38. The van der Waals surface area contributed by atoms with E-state index in [1.165, 1.54) is 17.9 Å². The van der Waals surface area contributed by atoms with Gasteiger partial charge in [-0.2, -0.15) is 5.10 Å². The molecular weight excluding hydrogens is 250 g/mol. The van der Waals surface area contributed by atoms with Crippen LogP contribution in [0.3, 0.4) is 0 Å². The van der Waals surface area contributed by atoms with Gasteiger partial charge >= 0.3 is 5.97 Å². The Kier molecular flexibility index (Phi) is 3.04. The van der Waals surface area contributed by atoms with Gasteiger partial charge in [-0.1, -0.05) is 0 Å². The van der Waals surface area contributed by atoms with Crippen molar-refractivity contribution in [1.29, 1.82) is 0 Å². The van der Waals surface area contributed by atoms with Gasteiger partial charge in [-0.25, -0.2) is 4.79 Å². The highest BCUT2D eigenvalue weighted by atomic mass is 16.5. The summed E-state index contributed by atoms with van der Waals surface area (Å²) < 4.78 is 5.98. The summed E-state index contributed by atoms with van der Waals surface area (Å²) >= 11 is 0. The van der Waals surface area contributed by atoms with Crippen LogP contribution in [0.1, 0.15) is 10.4 Å². The van der Waals surface area contributed by atoms with Crippen molar-refractivity contribution >= 4 is 11.8 Å². The fourth-order valence-corrected chi connectivity index (χ4v) is 1.67. The van der Waals surface area contributed by atoms with E-state index in [0.29, 0.717) is 11.5 Å². The van der Waals surface area contributed by atoms with Crippen molar-refractivity contribution in [3.8, 4) is 22.8 Å². The molecule has 0 saturated carbocycles. The van der Waals surface area contributed by atoms with Gasteiger partial charge in [0, 0.05) is 24.7 Å². The highest BCUT2D eigenvalue weighted by Crippen LogP contribution is 2.35. The van der Waals surface area contributed by atoms with Gasteiger partial charge in [-0.05, 0) is 6.07 Å². The fraction of sp³-hybridized carbons (Fsp3) is 0.167. The van der Waals surface area contributed by atoms with Gasteiger partial charge in [0.15, 0.2) is 0 Å². The van der Waals surface area contributed by atoms with E-state index < -0.39 is 5.97 Å². The molecule has 0 spiro atoms. The Balaban J connectivity index is 2.60. The number of rotatable bonds is 2. The summed E-state index contributed by atoms with van der Waals surface area (Å²) in [7, 11) is 2.85. The third kappa shape index (κ3) is 2.17. The molecule has 0 unspecified atom stereocenters. The maximum atomic E-state index is 11.5. The predicted octanol–water partition coefficient (Wildman–Crippen LogP) is 0.867. The van der Waals surface area contributed by atoms with Crippen LogP contribution in [0.25, 0.3) is 11.3 Å². The predicted molar refractivity (Wildman–Crippen MR) is 67.7 cm³/mol. The molecule has 0 saturated heterocycles. The van der Waals surface area contributed by atoms with E-state index in [0.717, 1.165) is 6.07 Å². The topological polar surface area (TPSA) is 111 Å². The number of methoxy groups -OCH3 is 1. The van der Waals surface area contributed by atoms with Crippen molar-refractivity contribution in [1.82, 2.24) is 9.78 Å². The molecule has 2 aromatic rings. The molecule has 1 aromatic carbocycles. The van der Waals surface area contributed by atoms with Crippen LogP contribution in [0.5, 0.6) is 11.5 Å². The first-order chi connectivity index (χ1) is 8.93. The van der Waals surface area contributed by atoms with Gasteiger partial charge in [0.25, 0.3) is 0 Å². The standard InChI is InChI=1S/C12H13N3O4/c1-15-11(13)4-8(14-15)6-3-7(12(18)19-2)10(17)5-9(6)16/h3-5,16-17H,13H2,1-2H3. The summed E-state index contributed by atoms with van der Waals surface area (Å²) in [6, 6.07) is 3.91. The van der Waals surface area contributed by atoms with E-state index in [4.69, 9.17) is 5.73 Å². The second kappa shape index (κ2) is 4.52. The zero-order valence-electron chi connectivity index (χ0n) is 10.4. The van der Waals surface area contributed by atoms with Crippen molar-refractivity contribution in [2.24, 2.45) is 7.05 Å². The monoisotopic (exact) mass is 263 g/mol. The molecule has 2 rings (SSSR count). The smallest absolute Gasteiger partial charge is 0.341 e. The number of aryl methyl sites for hydroxylation is 1. The SMILES string of the molecule is COC(=O)c1cc(-c2cc(N)n(C)n2)c(O)cc1O. The number of nitrogens with zero attached hydrogens (tertiary/aromatic N) is 2. The highest BCUT2D eigenvalue weighted by Gasteiger charge is 2.18. The van der Waals surface area contributed by atoms with Crippen molar-refractivity contribution in [2.75, 3.05) is 12.8 Å². The summed E-state index contributed by atoms with van der Waals surface area (Å²) in [6.45, 7) is 0. The first kappa shape index (κ1) is 12.7. The van der Waals surface area contributed by atoms with Crippen LogP contribution in [0.2, 0.25) is 0 Å². The Morgan fingerprint density at radius 2 is 2.00 bits per heavy atom. The van der Waals surface area contributed by atoms with Crippen LogP contribution in [0.15, 0.2) is 18.2 Å². The van der Waals surface area contributed by atoms with Gasteiger partial charge in [0.2, 0.25) is 0 Å². The molecule has 4 N–H and O–H groups in total. The molecular formula is C12H13N3O4. The molecule has 0 aliphatic carbocycles. The van der Waals surface area contributed by atoms with Gasteiger partial charge in [-0.15, -0.1) is 0 Å². The lowest BCUT2D eigenvalue weighted by molar-refractivity contribution is 0.0597. The van der Waals surface area contributed by atoms with E-state index in [1.807, 2.05) is 0 Å². The number of ether oxygens (including phenoxy) is 1. The van der Waals surface area contributed by atoms with Crippen LogP contribution >= 0.6 is 0 Å². The van der Waals surface area contributed by atoms with Crippen LogP contribution in [0.4, 0.5) is 5.82 Å². The number of carbonyl (C=O) groups is 1. The number of phenolic OH excluding ortho intramolecular Hbond substituents is 2. The number of nitrogen functional groups attached to an aromatic ring is 1.